The molecule has 1 fully saturated rings. The minimum absolute atomic E-state index is 0.0625. The SMILES string of the molecule is COc1ccc([C@@]23CCC(OP(O)OCOC(=O)C(C)C)=CC2N(C)CC3)cc1OC. The molecule has 0 amide bonds. The molecule has 1 aliphatic heterocycles. The third-order valence-corrected chi connectivity index (χ3v) is 6.82. The van der Waals surface area contributed by atoms with E-state index >= 15 is 0 Å². The van der Waals surface area contributed by atoms with Crippen LogP contribution >= 0.6 is 8.60 Å². The van der Waals surface area contributed by atoms with Gasteiger partial charge in [-0.3, -0.25) is 14.2 Å². The van der Waals surface area contributed by atoms with E-state index in [0.29, 0.717) is 17.9 Å². The van der Waals surface area contributed by atoms with Gasteiger partial charge in [0.1, 0.15) is 5.76 Å². The highest BCUT2D eigenvalue weighted by Gasteiger charge is 2.48. The second-order valence-corrected chi connectivity index (χ2v) is 9.14. The van der Waals surface area contributed by atoms with E-state index in [9.17, 15) is 9.69 Å². The molecule has 1 aromatic carbocycles. The van der Waals surface area contributed by atoms with Crippen LogP contribution in [0, 0.1) is 5.92 Å². The summed E-state index contributed by atoms with van der Waals surface area (Å²) in [4.78, 5) is 23.9. The summed E-state index contributed by atoms with van der Waals surface area (Å²) in [5, 5.41) is 0. The molecule has 31 heavy (non-hydrogen) atoms. The number of carbonyl (C=O) groups is 1. The van der Waals surface area contributed by atoms with Crippen molar-refractivity contribution in [1.29, 1.82) is 0 Å². The van der Waals surface area contributed by atoms with Crippen LogP contribution in [0.5, 0.6) is 11.5 Å². The second kappa shape index (κ2) is 10.2. The highest BCUT2D eigenvalue weighted by atomic mass is 31.2. The predicted octanol–water partition coefficient (Wildman–Crippen LogP) is 3.73. The summed E-state index contributed by atoms with van der Waals surface area (Å²) in [7, 11) is 3.20. The van der Waals surface area contributed by atoms with E-state index in [4.69, 9.17) is 23.3 Å². The molecule has 3 rings (SSSR count). The van der Waals surface area contributed by atoms with Gasteiger partial charge in [-0.1, -0.05) is 19.9 Å². The molecular weight excluding hydrogens is 421 g/mol. The number of hydrogen-bond acceptors (Lipinski definition) is 8. The fraction of sp³-hybridized carbons (Fsp3) is 0.591. The number of nitrogens with zero attached hydrogens (tertiary/aromatic N) is 1. The van der Waals surface area contributed by atoms with Gasteiger partial charge in [0.25, 0.3) is 0 Å². The molecule has 8 nitrogen and oxygen atoms in total. The number of fused-ring (bicyclic) bond motifs is 1. The molecule has 3 atom stereocenters. The molecule has 1 heterocycles. The maximum atomic E-state index is 11.5. The average molecular weight is 453 g/mol. The molecular formula is C22H32NO7P. The fourth-order valence-corrected chi connectivity index (χ4v) is 4.90. The molecule has 0 aromatic heterocycles. The zero-order valence-electron chi connectivity index (χ0n) is 18.8. The first-order valence-corrected chi connectivity index (χ1v) is 11.5. The van der Waals surface area contributed by atoms with Crippen LogP contribution in [0.15, 0.2) is 30.0 Å². The molecule has 2 unspecified atom stereocenters. The van der Waals surface area contributed by atoms with Crippen molar-refractivity contribution < 1.29 is 32.9 Å². The van der Waals surface area contributed by atoms with Crippen molar-refractivity contribution in [2.45, 2.75) is 44.6 Å². The summed E-state index contributed by atoms with van der Waals surface area (Å²) in [5.74, 6) is 1.49. The Bertz CT molecular complexity index is 815. The Labute approximate surface area is 185 Å². The van der Waals surface area contributed by atoms with Gasteiger partial charge >= 0.3 is 14.6 Å². The highest BCUT2D eigenvalue weighted by Crippen LogP contribution is 2.50. The number of ether oxygens (including phenoxy) is 3. The van der Waals surface area contributed by atoms with Crippen LogP contribution in [-0.2, 0) is 24.0 Å². The summed E-state index contributed by atoms with van der Waals surface area (Å²) < 4.78 is 26.6. The summed E-state index contributed by atoms with van der Waals surface area (Å²) in [6.07, 6.45) is 4.63. The van der Waals surface area contributed by atoms with E-state index in [1.807, 2.05) is 6.07 Å². The van der Waals surface area contributed by atoms with E-state index in [0.717, 1.165) is 25.1 Å². The molecule has 2 aliphatic rings. The standard InChI is InChI=1S/C22H32NO7P/c1-15(2)21(24)28-14-29-31(25)30-17-8-9-22(10-11-23(3)20(22)13-17)16-6-7-18(26-4)19(12-16)27-5/h6-7,12-13,15,20,25H,8-11,14H2,1-5H3/t20?,22-,31?/m0/s1. The van der Waals surface area contributed by atoms with E-state index in [1.54, 1.807) is 28.1 Å². The van der Waals surface area contributed by atoms with Gasteiger partial charge in [-0.2, -0.15) is 0 Å². The molecule has 1 saturated heterocycles. The quantitative estimate of drug-likeness (QED) is 0.344. The van der Waals surface area contributed by atoms with Crippen molar-refractivity contribution in [2.75, 3.05) is 34.6 Å². The van der Waals surface area contributed by atoms with E-state index in [-0.39, 0.29) is 30.1 Å². The Kier molecular flexibility index (Phi) is 7.81. The van der Waals surface area contributed by atoms with Crippen molar-refractivity contribution in [3.8, 4) is 11.5 Å². The molecule has 9 heteroatoms. The van der Waals surface area contributed by atoms with Gasteiger partial charge < -0.3 is 23.6 Å². The number of likely N-dealkylation sites (tertiary alicyclic amines) is 1. The van der Waals surface area contributed by atoms with Crippen LogP contribution in [-0.4, -0.2) is 56.4 Å². The zero-order valence-corrected chi connectivity index (χ0v) is 19.7. The lowest BCUT2D eigenvalue weighted by Gasteiger charge is -2.40. The third kappa shape index (κ3) is 5.14. The average Bonchev–Trinajstić information content (AvgIpc) is 3.10. The van der Waals surface area contributed by atoms with Crippen LogP contribution in [0.3, 0.4) is 0 Å². The minimum Gasteiger partial charge on any atom is -0.493 e. The Morgan fingerprint density at radius 2 is 2.00 bits per heavy atom. The minimum atomic E-state index is -2.17. The maximum Gasteiger partial charge on any atom is 0.397 e. The van der Waals surface area contributed by atoms with Crippen LogP contribution in [0.4, 0.5) is 0 Å². The van der Waals surface area contributed by atoms with Gasteiger partial charge in [-0.15, -0.1) is 0 Å². The largest absolute Gasteiger partial charge is 0.493 e. The summed E-state index contributed by atoms with van der Waals surface area (Å²) in [6.45, 7) is 4.09. The van der Waals surface area contributed by atoms with Crippen molar-refractivity contribution >= 4 is 14.6 Å². The molecule has 1 aliphatic carbocycles. The van der Waals surface area contributed by atoms with E-state index in [1.165, 1.54) is 5.56 Å². The number of rotatable bonds is 9. The summed E-state index contributed by atoms with van der Waals surface area (Å²) in [6, 6.07) is 6.25. The number of carbonyl (C=O) groups excluding carboxylic acids is 1. The molecule has 172 valence electrons. The Hall–Kier alpha value is -1.86. The summed E-state index contributed by atoms with van der Waals surface area (Å²) >= 11 is 0. The number of hydrogen-bond donors (Lipinski definition) is 1. The topological polar surface area (TPSA) is 86.7 Å². The first-order valence-electron chi connectivity index (χ1n) is 10.4. The van der Waals surface area contributed by atoms with E-state index in [2.05, 4.69) is 30.2 Å². The normalized spacial score (nSPS) is 24.4. The monoisotopic (exact) mass is 453 g/mol. The lowest BCUT2D eigenvalue weighted by atomic mass is 9.68. The number of allylic oxidation sites excluding steroid dienone is 1. The molecule has 0 bridgehead atoms. The number of esters is 1. The van der Waals surface area contributed by atoms with Gasteiger partial charge in [0.05, 0.1) is 20.1 Å². The van der Waals surface area contributed by atoms with Gasteiger partial charge in [0.2, 0.25) is 6.79 Å². The fourth-order valence-electron chi connectivity index (χ4n) is 4.35. The lowest BCUT2D eigenvalue weighted by molar-refractivity contribution is -0.154. The van der Waals surface area contributed by atoms with Crippen molar-refractivity contribution in [3.63, 3.8) is 0 Å². The molecule has 0 saturated carbocycles. The van der Waals surface area contributed by atoms with Crippen LogP contribution in [0.1, 0.15) is 38.7 Å². The highest BCUT2D eigenvalue weighted by molar-refractivity contribution is 7.40. The molecule has 0 spiro atoms. The first kappa shape index (κ1) is 23.8. The Morgan fingerprint density at radius 3 is 2.68 bits per heavy atom. The van der Waals surface area contributed by atoms with Crippen molar-refractivity contribution in [1.82, 2.24) is 4.90 Å². The van der Waals surface area contributed by atoms with Gasteiger partial charge in [-0.25, -0.2) is 0 Å². The zero-order chi connectivity index (χ0) is 22.6. The number of likely N-dealkylation sites (N-methyl/N-ethyl adjacent to an activating group) is 1. The van der Waals surface area contributed by atoms with Crippen LogP contribution in [0.2, 0.25) is 0 Å². The van der Waals surface area contributed by atoms with Gasteiger partial charge in [-0.05, 0) is 50.2 Å². The number of benzene rings is 1. The molecule has 1 aromatic rings. The van der Waals surface area contributed by atoms with Crippen molar-refractivity contribution in [3.05, 3.63) is 35.6 Å². The lowest BCUT2D eigenvalue weighted by Crippen LogP contribution is -2.42. The van der Waals surface area contributed by atoms with Gasteiger partial charge in [0.15, 0.2) is 11.5 Å². The van der Waals surface area contributed by atoms with Crippen molar-refractivity contribution in [2.24, 2.45) is 5.92 Å². The molecule has 0 radical (unpaired) electrons. The smallest absolute Gasteiger partial charge is 0.397 e. The predicted molar refractivity (Wildman–Crippen MR) is 117 cm³/mol. The molecule has 1 N–H and O–H groups in total. The number of methoxy groups -OCH3 is 2. The van der Waals surface area contributed by atoms with Crippen LogP contribution < -0.4 is 9.47 Å². The van der Waals surface area contributed by atoms with Crippen LogP contribution in [0.25, 0.3) is 0 Å². The first-order chi connectivity index (χ1) is 14.8. The Balaban J connectivity index is 1.71. The van der Waals surface area contributed by atoms with Gasteiger partial charge in [0, 0.05) is 17.9 Å². The van der Waals surface area contributed by atoms with E-state index < -0.39 is 8.60 Å². The third-order valence-electron chi connectivity index (χ3n) is 6.10. The maximum absolute atomic E-state index is 11.5. The second-order valence-electron chi connectivity index (χ2n) is 8.23. The Morgan fingerprint density at radius 1 is 1.26 bits per heavy atom. The summed E-state index contributed by atoms with van der Waals surface area (Å²) in [5.41, 5.74) is 1.14.